The molecular weight excluding hydrogens is 344 g/mol. The van der Waals surface area contributed by atoms with Gasteiger partial charge >= 0.3 is 0 Å². The molecule has 2 fully saturated rings. The largest absolute Gasteiger partial charge is 0.353 e. The summed E-state index contributed by atoms with van der Waals surface area (Å²) in [6.07, 6.45) is 19.5. The van der Waals surface area contributed by atoms with E-state index in [4.69, 9.17) is 21.1 Å². The van der Waals surface area contributed by atoms with Gasteiger partial charge in [-0.2, -0.15) is 0 Å². The lowest BCUT2D eigenvalue weighted by molar-refractivity contribution is -0.163. The van der Waals surface area contributed by atoms with Crippen LogP contribution in [-0.2, 0) is 9.47 Å². The van der Waals surface area contributed by atoms with Crippen LogP contribution in [0.2, 0.25) is 0 Å². The fraction of sp³-hybridized carbons (Fsp3) is 1.00. The fourth-order valence-corrected chi connectivity index (χ4v) is 4.72. The molecule has 1 aliphatic carbocycles. The maximum atomic E-state index is 6.82. The number of alkyl halides is 1. The summed E-state index contributed by atoms with van der Waals surface area (Å²) >= 11 is 6.82. The second kappa shape index (κ2) is 12.6. The van der Waals surface area contributed by atoms with Crippen molar-refractivity contribution < 1.29 is 9.47 Å². The molecule has 3 heteroatoms. The molecule has 2 rings (SSSR count). The van der Waals surface area contributed by atoms with E-state index in [2.05, 4.69) is 13.8 Å². The first-order chi connectivity index (χ1) is 12.6. The lowest BCUT2D eigenvalue weighted by Crippen LogP contribution is -2.23. The van der Waals surface area contributed by atoms with Crippen LogP contribution in [0.4, 0.5) is 0 Å². The van der Waals surface area contributed by atoms with Crippen LogP contribution in [0, 0.1) is 11.8 Å². The fourth-order valence-electron chi connectivity index (χ4n) is 4.38. The SMILES string of the molecule is CCCCCCCCCCC(C)(Cl)CC1CC1CCOC1CCCCO1. The van der Waals surface area contributed by atoms with E-state index in [0.717, 1.165) is 31.5 Å². The molecule has 1 heterocycles. The average Bonchev–Trinajstić information content (AvgIpc) is 3.35. The molecule has 0 aromatic heterocycles. The monoisotopic (exact) mass is 386 g/mol. The first-order valence-corrected chi connectivity index (χ1v) is 11.9. The van der Waals surface area contributed by atoms with Gasteiger partial charge in [-0.25, -0.2) is 0 Å². The summed E-state index contributed by atoms with van der Waals surface area (Å²) < 4.78 is 11.5. The Hall–Kier alpha value is 0.210. The van der Waals surface area contributed by atoms with E-state index in [0.29, 0.717) is 0 Å². The summed E-state index contributed by atoms with van der Waals surface area (Å²) in [5.41, 5.74) is 0. The van der Waals surface area contributed by atoms with Gasteiger partial charge in [-0.15, -0.1) is 11.6 Å². The Kier molecular flexibility index (Phi) is 10.9. The number of hydrogen-bond donors (Lipinski definition) is 0. The number of ether oxygens (including phenoxy) is 2. The highest BCUT2D eigenvalue weighted by Crippen LogP contribution is 2.48. The molecule has 0 spiro atoms. The average molecular weight is 387 g/mol. The van der Waals surface area contributed by atoms with Gasteiger partial charge in [-0.05, 0) is 63.7 Å². The molecule has 1 saturated carbocycles. The van der Waals surface area contributed by atoms with Crippen molar-refractivity contribution in [2.24, 2.45) is 11.8 Å². The normalized spacial score (nSPS) is 28.0. The lowest BCUT2D eigenvalue weighted by Gasteiger charge is -2.23. The van der Waals surface area contributed by atoms with Crippen molar-refractivity contribution in [3.05, 3.63) is 0 Å². The highest BCUT2D eigenvalue weighted by atomic mass is 35.5. The topological polar surface area (TPSA) is 18.5 Å². The Labute approximate surface area is 167 Å². The van der Waals surface area contributed by atoms with Crippen LogP contribution in [0.25, 0.3) is 0 Å². The van der Waals surface area contributed by atoms with Crippen LogP contribution >= 0.6 is 11.6 Å². The van der Waals surface area contributed by atoms with Crippen LogP contribution in [0.15, 0.2) is 0 Å². The summed E-state index contributed by atoms with van der Waals surface area (Å²) in [4.78, 5) is 0.00889. The van der Waals surface area contributed by atoms with Gasteiger partial charge in [0.25, 0.3) is 0 Å². The third-order valence-corrected chi connectivity index (χ3v) is 6.58. The molecule has 0 aromatic carbocycles. The second-order valence-electron chi connectivity index (χ2n) is 9.05. The van der Waals surface area contributed by atoms with Crippen LogP contribution in [0.5, 0.6) is 0 Å². The maximum absolute atomic E-state index is 6.82. The standard InChI is InChI=1S/C23H43ClO2/c1-3-4-5-6-7-8-9-11-15-23(2,24)19-21-18-20(21)14-17-26-22-13-10-12-16-25-22/h20-22H,3-19H2,1-2H3. The van der Waals surface area contributed by atoms with E-state index in [1.807, 2.05) is 0 Å². The van der Waals surface area contributed by atoms with Gasteiger partial charge in [0.1, 0.15) is 0 Å². The van der Waals surface area contributed by atoms with Gasteiger partial charge < -0.3 is 9.47 Å². The Morgan fingerprint density at radius 1 is 1.00 bits per heavy atom. The Morgan fingerprint density at radius 3 is 2.42 bits per heavy atom. The van der Waals surface area contributed by atoms with Gasteiger partial charge in [-0.1, -0.05) is 58.3 Å². The summed E-state index contributed by atoms with van der Waals surface area (Å²) in [7, 11) is 0. The minimum absolute atomic E-state index is 0.00889. The number of rotatable bonds is 15. The zero-order chi connectivity index (χ0) is 18.7. The predicted molar refractivity (Wildman–Crippen MR) is 112 cm³/mol. The third kappa shape index (κ3) is 9.95. The third-order valence-electron chi connectivity index (χ3n) is 6.24. The zero-order valence-electron chi connectivity index (χ0n) is 17.4. The first-order valence-electron chi connectivity index (χ1n) is 11.5. The Bertz CT molecular complexity index is 352. The zero-order valence-corrected chi connectivity index (χ0v) is 18.2. The van der Waals surface area contributed by atoms with Crippen molar-refractivity contribution in [3.63, 3.8) is 0 Å². The molecule has 0 radical (unpaired) electrons. The van der Waals surface area contributed by atoms with Crippen LogP contribution < -0.4 is 0 Å². The maximum Gasteiger partial charge on any atom is 0.157 e. The molecule has 1 saturated heterocycles. The van der Waals surface area contributed by atoms with Crippen molar-refractivity contribution in [1.29, 1.82) is 0 Å². The summed E-state index contributed by atoms with van der Waals surface area (Å²) in [5.74, 6) is 1.68. The van der Waals surface area contributed by atoms with E-state index in [9.17, 15) is 0 Å². The molecule has 0 amide bonds. The van der Waals surface area contributed by atoms with E-state index in [1.54, 1.807) is 0 Å². The summed E-state index contributed by atoms with van der Waals surface area (Å²) in [5, 5.41) is 0. The van der Waals surface area contributed by atoms with Gasteiger partial charge in [0, 0.05) is 11.5 Å². The highest BCUT2D eigenvalue weighted by Gasteiger charge is 2.40. The van der Waals surface area contributed by atoms with Crippen LogP contribution in [-0.4, -0.2) is 24.4 Å². The van der Waals surface area contributed by atoms with E-state index >= 15 is 0 Å². The molecule has 26 heavy (non-hydrogen) atoms. The van der Waals surface area contributed by atoms with E-state index in [1.165, 1.54) is 89.9 Å². The molecule has 0 aromatic rings. The van der Waals surface area contributed by atoms with Crippen molar-refractivity contribution in [1.82, 2.24) is 0 Å². The Balaban J connectivity index is 1.44. The molecule has 2 aliphatic rings. The van der Waals surface area contributed by atoms with Gasteiger partial charge in [-0.3, -0.25) is 0 Å². The van der Waals surface area contributed by atoms with Gasteiger partial charge in [0.2, 0.25) is 0 Å². The van der Waals surface area contributed by atoms with Crippen LogP contribution in [0.1, 0.15) is 110 Å². The molecule has 0 N–H and O–H groups in total. The molecule has 4 atom stereocenters. The molecule has 1 aliphatic heterocycles. The summed E-state index contributed by atoms with van der Waals surface area (Å²) in [6.45, 7) is 6.28. The molecule has 2 nitrogen and oxygen atoms in total. The second-order valence-corrected chi connectivity index (χ2v) is 9.97. The molecule has 0 bridgehead atoms. The lowest BCUT2D eigenvalue weighted by atomic mass is 9.95. The minimum Gasteiger partial charge on any atom is -0.353 e. The molecular formula is C23H43ClO2. The summed E-state index contributed by atoms with van der Waals surface area (Å²) in [6, 6.07) is 0. The Morgan fingerprint density at radius 2 is 1.73 bits per heavy atom. The predicted octanol–water partition coefficient (Wildman–Crippen LogP) is 7.47. The first kappa shape index (κ1) is 22.5. The van der Waals surface area contributed by atoms with Crippen molar-refractivity contribution >= 4 is 11.6 Å². The van der Waals surface area contributed by atoms with Crippen molar-refractivity contribution in [2.75, 3.05) is 13.2 Å². The highest BCUT2D eigenvalue weighted by molar-refractivity contribution is 6.23. The minimum atomic E-state index is 0.00889. The van der Waals surface area contributed by atoms with E-state index < -0.39 is 0 Å². The smallest absolute Gasteiger partial charge is 0.157 e. The van der Waals surface area contributed by atoms with Gasteiger partial charge in [0.15, 0.2) is 6.29 Å². The van der Waals surface area contributed by atoms with Crippen molar-refractivity contribution in [3.8, 4) is 0 Å². The molecule has 154 valence electrons. The van der Waals surface area contributed by atoms with Crippen LogP contribution in [0.3, 0.4) is 0 Å². The molecule has 4 unspecified atom stereocenters. The quantitative estimate of drug-likeness (QED) is 0.214. The number of halogens is 1. The van der Waals surface area contributed by atoms with Gasteiger partial charge in [0.05, 0.1) is 6.61 Å². The van der Waals surface area contributed by atoms with E-state index in [-0.39, 0.29) is 11.2 Å². The number of hydrogen-bond acceptors (Lipinski definition) is 2. The number of unbranched alkanes of at least 4 members (excludes halogenated alkanes) is 7. The van der Waals surface area contributed by atoms with Crippen molar-refractivity contribution in [2.45, 2.75) is 121 Å².